The van der Waals surface area contributed by atoms with E-state index in [4.69, 9.17) is 0 Å². The molecule has 146 valence electrons. The second-order valence-electron chi connectivity index (χ2n) is 7.53. The van der Waals surface area contributed by atoms with E-state index in [-0.39, 0.29) is 29.1 Å². The van der Waals surface area contributed by atoms with E-state index in [2.05, 4.69) is 13.8 Å². The van der Waals surface area contributed by atoms with Crippen molar-refractivity contribution < 1.29 is 18.0 Å². The van der Waals surface area contributed by atoms with Crippen molar-refractivity contribution in [1.82, 2.24) is 4.90 Å². The minimum Gasteiger partial charge on any atom is -0.270 e. The smallest absolute Gasteiger partial charge is 0.270 e. The molecule has 1 unspecified atom stereocenters. The van der Waals surface area contributed by atoms with Crippen LogP contribution in [0.3, 0.4) is 0 Å². The van der Waals surface area contributed by atoms with Crippen LogP contribution in [0.5, 0.6) is 0 Å². The van der Waals surface area contributed by atoms with Crippen LogP contribution in [-0.4, -0.2) is 42.7 Å². The molecule has 1 saturated heterocycles. The Balaban J connectivity index is 2.04. The summed E-state index contributed by atoms with van der Waals surface area (Å²) in [5, 5.41) is 9.45. The van der Waals surface area contributed by atoms with Crippen molar-refractivity contribution >= 4 is 27.7 Å². The maximum absolute atomic E-state index is 13.1. The third-order valence-electron chi connectivity index (χ3n) is 5.26. The normalized spacial score (nSPS) is 23.6. The quantitative estimate of drug-likeness (QED) is 0.576. The van der Waals surface area contributed by atoms with Gasteiger partial charge in [0.25, 0.3) is 11.8 Å². The van der Waals surface area contributed by atoms with E-state index in [1.807, 2.05) is 30.3 Å². The average Bonchev–Trinajstić information content (AvgIpc) is 2.99. The van der Waals surface area contributed by atoms with Crippen molar-refractivity contribution in [2.24, 2.45) is 0 Å². The number of nitriles is 1. The van der Waals surface area contributed by atoms with Crippen LogP contribution in [0.15, 0.2) is 41.0 Å². The second kappa shape index (κ2) is 7.36. The van der Waals surface area contributed by atoms with Crippen LogP contribution in [0.2, 0.25) is 0 Å². The molecule has 7 heteroatoms. The van der Waals surface area contributed by atoms with E-state index in [1.54, 1.807) is 13.0 Å². The van der Waals surface area contributed by atoms with E-state index in [1.165, 1.54) is 0 Å². The molecule has 1 atom stereocenters. The van der Waals surface area contributed by atoms with Gasteiger partial charge in [0.15, 0.2) is 9.84 Å². The highest BCUT2D eigenvalue weighted by molar-refractivity contribution is 7.91. The molecule has 28 heavy (non-hydrogen) atoms. The van der Waals surface area contributed by atoms with Crippen molar-refractivity contribution in [2.75, 3.05) is 11.5 Å². The maximum atomic E-state index is 13.1. The number of carbonyl (C=O) groups is 2. The molecule has 1 fully saturated rings. The van der Waals surface area contributed by atoms with Crippen molar-refractivity contribution in [2.45, 2.75) is 39.2 Å². The van der Waals surface area contributed by atoms with Gasteiger partial charge in [0.05, 0.1) is 17.5 Å². The predicted molar refractivity (Wildman–Crippen MR) is 106 cm³/mol. The Morgan fingerprint density at radius 2 is 1.82 bits per heavy atom. The van der Waals surface area contributed by atoms with Crippen LogP contribution in [0.1, 0.15) is 44.2 Å². The second-order valence-corrected chi connectivity index (χ2v) is 9.76. The first-order chi connectivity index (χ1) is 13.1. The van der Waals surface area contributed by atoms with Gasteiger partial charge in [-0.15, -0.1) is 0 Å². The third-order valence-corrected chi connectivity index (χ3v) is 7.01. The molecule has 0 spiro atoms. The fraction of sp³-hybridized carbons (Fsp3) is 0.381. The first-order valence-corrected chi connectivity index (χ1v) is 11.0. The van der Waals surface area contributed by atoms with Crippen LogP contribution in [-0.2, 0) is 19.4 Å². The number of hydrogen-bond acceptors (Lipinski definition) is 5. The highest BCUT2D eigenvalue weighted by atomic mass is 32.2. The summed E-state index contributed by atoms with van der Waals surface area (Å²) in [4.78, 5) is 26.7. The molecule has 6 nitrogen and oxygen atoms in total. The third kappa shape index (κ3) is 3.65. The molecule has 0 saturated carbocycles. The van der Waals surface area contributed by atoms with Crippen LogP contribution in [0.25, 0.3) is 6.08 Å². The molecule has 0 N–H and O–H groups in total. The van der Waals surface area contributed by atoms with E-state index >= 15 is 0 Å². The number of benzene rings is 1. The first-order valence-electron chi connectivity index (χ1n) is 9.16. The lowest BCUT2D eigenvalue weighted by Gasteiger charge is -2.31. The monoisotopic (exact) mass is 398 g/mol. The van der Waals surface area contributed by atoms with Gasteiger partial charge in [-0.3, -0.25) is 14.5 Å². The Bertz CT molecular complexity index is 1040. The highest BCUT2D eigenvalue weighted by Gasteiger charge is 2.43. The fourth-order valence-electron chi connectivity index (χ4n) is 3.55. The Morgan fingerprint density at radius 3 is 2.32 bits per heavy atom. The standard InChI is InChI=1S/C21H22N2O4S/c1-13(2)16-6-4-15(5-7-16)10-18-14(3)19(11-22)21(25)23(20(18)24)17-8-9-28(26,27)12-17/h4-7,10,13,17H,8-9,12H2,1-3H3. The van der Waals surface area contributed by atoms with Crippen LogP contribution < -0.4 is 0 Å². The van der Waals surface area contributed by atoms with Crippen LogP contribution in [0, 0.1) is 11.3 Å². The topological polar surface area (TPSA) is 95.3 Å². The zero-order chi connectivity index (χ0) is 20.6. The summed E-state index contributed by atoms with van der Waals surface area (Å²) >= 11 is 0. The number of amides is 2. The van der Waals surface area contributed by atoms with Crippen molar-refractivity contribution in [3.63, 3.8) is 0 Å². The minimum atomic E-state index is -3.28. The van der Waals surface area contributed by atoms with Gasteiger partial charge in [-0.25, -0.2) is 8.42 Å². The molecule has 2 amide bonds. The Morgan fingerprint density at radius 1 is 1.18 bits per heavy atom. The number of rotatable bonds is 3. The summed E-state index contributed by atoms with van der Waals surface area (Å²) in [7, 11) is -3.28. The Kier molecular flexibility index (Phi) is 5.26. The van der Waals surface area contributed by atoms with Gasteiger partial charge >= 0.3 is 0 Å². The predicted octanol–water partition coefficient (Wildman–Crippen LogP) is 2.59. The van der Waals surface area contributed by atoms with E-state index in [9.17, 15) is 23.3 Å². The molecule has 0 bridgehead atoms. The molecule has 0 aliphatic carbocycles. The van der Waals surface area contributed by atoms with E-state index < -0.39 is 27.7 Å². The summed E-state index contributed by atoms with van der Waals surface area (Å²) in [5.74, 6) is -1.19. The zero-order valence-electron chi connectivity index (χ0n) is 16.1. The van der Waals surface area contributed by atoms with E-state index in [0.29, 0.717) is 11.5 Å². The van der Waals surface area contributed by atoms with Gasteiger partial charge in [-0.05, 0) is 42.0 Å². The number of nitrogens with zero attached hydrogens (tertiary/aromatic N) is 2. The van der Waals surface area contributed by atoms with Gasteiger partial charge in [0, 0.05) is 5.57 Å². The lowest BCUT2D eigenvalue weighted by molar-refractivity contribution is -0.142. The molecule has 1 aromatic carbocycles. The molecule has 2 aliphatic heterocycles. The van der Waals surface area contributed by atoms with Crippen LogP contribution in [0.4, 0.5) is 0 Å². The molecule has 0 radical (unpaired) electrons. The number of imide groups is 1. The minimum absolute atomic E-state index is 0.0605. The van der Waals surface area contributed by atoms with Crippen molar-refractivity contribution in [3.05, 3.63) is 52.1 Å². The summed E-state index contributed by atoms with van der Waals surface area (Å²) < 4.78 is 23.7. The van der Waals surface area contributed by atoms with Gasteiger partial charge in [-0.2, -0.15) is 5.26 Å². The van der Waals surface area contributed by atoms with Crippen molar-refractivity contribution in [3.8, 4) is 6.07 Å². The molecule has 0 aromatic heterocycles. The molecule has 1 aromatic rings. The highest BCUT2D eigenvalue weighted by Crippen LogP contribution is 2.31. The summed E-state index contributed by atoms with van der Waals surface area (Å²) in [6.07, 6.45) is 1.86. The van der Waals surface area contributed by atoms with Gasteiger partial charge in [0.1, 0.15) is 11.6 Å². The maximum Gasteiger partial charge on any atom is 0.271 e. The number of carbonyl (C=O) groups excluding carboxylic acids is 2. The SMILES string of the molecule is CC1=C(C#N)C(=O)N(C2CCS(=O)(=O)C2)C(=O)C1=Cc1ccc(C(C)C)cc1. The fourth-order valence-corrected chi connectivity index (χ4v) is 5.25. The summed E-state index contributed by atoms with van der Waals surface area (Å²) in [6, 6.07) is 8.87. The van der Waals surface area contributed by atoms with Gasteiger partial charge in [0.2, 0.25) is 0 Å². The van der Waals surface area contributed by atoms with Crippen LogP contribution >= 0.6 is 0 Å². The molecule has 2 aliphatic rings. The van der Waals surface area contributed by atoms with Gasteiger partial charge in [-0.1, -0.05) is 38.1 Å². The molecule has 3 rings (SSSR count). The number of hydrogen-bond donors (Lipinski definition) is 0. The first kappa shape index (κ1) is 20.0. The lowest BCUT2D eigenvalue weighted by atomic mass is 9.92. The summed E-state index contributed by atoms with van der Waals surface area (Å²) in [5.41, 5.74) is 2.39. The lowest BCUT2D eigenvalue weighted by Crippen LogP contribution is -2.49. The van der Waals surface area contributed by atoms with Gasteiger partial charge < -0.3 is 0 Å². The average molecular weight is 398 g/mol. The molecular formula is C21H22N2O4S. The molecule has 2 heterocycles. The Hall–Kier alpha value is -2.72. The van der Waals surface area contributed by atoms with Crippen molar-refractivity contribution in [1.29, 1.82) is 5.26 Å². The Labute approximate surface area is 165 Å². The zero-order valence-corrected chi connectivity index (χ0v) is 16.9. The van der Waals surface area contributed by atoms with E-state index in [0.717, 1.165) is 16.0 Å². The molecular weight excluding hydrogens is 376 g/mol. The summed E-state index contributed by atoms with van der Waals surface area (Å²) in [6.45, 7) is 5.75. The number of sulfone groups is 1. The largest absolute Gasteiger partial charge is 0.271 e.